The van der Waals surface area contributed by atoms with E-state index in [2.05, 4.69) is 20.6 Å². The Hall–Kier alpha value is -2.70. The van der Waals surface area contributed by atoms with Crippen LogP contribution in [0.1, 0.15) is 35.8 Å². The lowest BCUT2D eigenvalue weighted by atomic mass is 9.78. The first-order valence-electron chi connectivity index (χ1n) is 8.37. The van der Waals surface area contributed by atoms with Crippen LogP contribution in [-0.2, 0) is 6.42 Å². The average Bonchev–Trinajstić information content (AvgIpc) is 2.51. The van der Waals surface area contributed by atoms with Crippen molar-refractivity contribution < 1.29 is 9.18 Å². The van der Waals surface area contributed by atoms with Gasteiger partial charge in [-0.15, -0.1) is 0 Å². The first kappa shape index (κ1) is 17.1. The van der Waals surface area contributed by atoms with Gasteiger partial charge in [-0.05, 0) is 37.8 Å². The van der Waals surface area contributed by atoms with Gasteiger partial charge in [0.15, 0.2) is 0 Å². The third kappa shape index (κ3) is 4.43. The summed E-state index contributed by atoms with van der Waals surface area (Å²) in [7, 11) is 0. The maximum atomic E-state index is 13.5. The minimum atomic E-state index is -0.257. The third-order valence-corrected chi connectivity index (χ3v) is 4.41. The number of urea groups is 1. The van der Waals surface area contributed by atoms with Gasteiger partial charge in [-0.25, -0.2) is 14.2 Å². The SMILES string of the molecule is Cc1nc(C2CC(NC(=O)NCCc3ccccc3F)C2)cc(=O)[nH]1. The van der Waals surface area contributed by atoms with Gasteiger partial charge < -0.3 is 15.6 Å². The number of aromatic nitrogens is 2. The molecule has 7 heteroatoms. The minimum Gasteiger partial charge on any atom is -0.338 e. The lowest BCUT2D eigenvalue weighted by Crippen LogP contribution is -2.48. The van der Waals surface area contributed by atoms with Crippen molar-refractivity contribution in [3.05, 3.63) is 63.6 Å². The van der Waals surface area contributed by atoms with Gasteiger partial charge in [0, 0.05) is 24.6 Å². The van der Waals surface area contributed by atoms with E-state index in [4.69, 9.17) is 0 Å². The number of H-pyrrole nitrogens is 1. The molecule has 6 nitrogen and oxygen atoms in total. The fraction of sp³-hybridized carbons (Fsp3) is 0.389. The second-order valence-corrected chi connectivity index (χ2v) is 6.36. The Labute approximate surface area is 144 Å². The molecule has 0 saturated heterocycles. The van der Waals surface area contributed by atoms with Gasteiger partial charge >= 0.3 is 6.03 Å². The predicted octanol–water partition coefficient (Wildman–Crippen LogP) is 2.01. The Balaban J connectivity index is 1.40. The Kier molecular flexibility index (Phi) is 5.11. The number of amides is 2. The van der Waals surface area contributed by atoms with E-state index in [0.29, 0.717) is 24.4 Å². The van der Waals surface area contributed by atoms with Crippen LogP contribution >= 0.6 is 0 Å². The molecule has 1 aliphatic carbocycles. The van der Waals surface area contributed by atoms with Crippen LogP contribution in [0.25, 0.3) is 0 Å². The Morgan fingerprint density at radius 1 is 1.36 bits per heavy atom. The molecule has 1 aromatic carbocycles. The maximum Gasteiger partial charge on any atom is 0.315 e. The molecular weight excluding hydrogens is 323 g/mol. The van der Waals surface area contributed by atoms with Crippen LogP contribution in [0.15, 0.2) is 35.1 Å². The minimum absolute atomic E-state index is 0.0693. The van der Waals surface area contributed by atoms with Crippen LogP contribution in [0.3, 0.4) is 0 Å². The summed E-state index contributed by atoms with van der Waals surface area (Å²) in [6, 6.07) is 7.87. The summed E-state index contributed by atoms with van der Waals surface area (Å²) in [5, 5.41) is 5.63. The molecule has 0 atom stereocenters. The van der Waals surface area contributed by atoms with E-state index in [1.54, 1.807) is 25.1 Å². The summed E-state index contributed by atoms with van der Waals surface area (Å²) in [6.07, 6.45) is 1.97. The maximum absolute atomic E-state index is 13.5. The summed E-state index contributed by atoms with van der Waals surface area (Å²) in [6.45, 7) is 2.13. The number of nitrogens with zero attached hydrogens (tertiary/aromatic N) is 1. The number of hydrogen-bond donors (Lipinski definition) is 3. The normalized spacial score (nSPS) is 19.1. The molecule has 2 amide bonds. The molecule has 0 unspecified atom stereocenters. The third-order valence-electron chi connectivity index (χ3n) is 4.41. The van der Waals surface area contributed by atoms with Crippen molar-refractivity contribution in [2.24, 2.45) is 0 Å². The Morgan fingerprint density at radius 2 is 2.12 bits per heavy atom. The summed E-state index contributed by atoms with van der Waals surface area (Å²) in [5.41, 5.74) is 1.21. The van der Waals surface area contributed by atoms with E-state index in [1.165, 1.54) is 12.1 Å². The molecule has 132 valence electrons. The van der Waals surface area contributed by atoms with E-state index < -0.39 is 0 Å². The van der Waals surface area contributed by atoms with Gasteiger partial charge in [-0.3, -0.25) is 4.79 Å². The first-order chi connectivity index (χ1) is 12.0. The molecule has 1 fully saturated rings. The predicted molar refractivity (Wildman–Crippen MR) is 92.0 cm³/mol. The van der Waals surface area contributed by atoms with Crippen molar-refractivity contribution in [3.63, 3.8) is 0 Å². The van der Waals surface area contributed by atoms with Crippen molar-refractivity contribution >= 4 is 6.03 Å². The zero-order valence-electron chi connectivity index (χ0n) is 14.0. The van der Waals surface area contributed by atoms with Gasteiger partial charge in [0.25, 0.3) is 5.56 Å². The van der Waals surface area contributed by atoms with Gasteiger partial charge in [0.1, 0.15) is 11.6 Å². The molecular formula is C18H21FN4O2. The molecule has 0 bridgehead atoms. The van der Waals surface area contributed by atoms with Crippen LogP contribution in [0.5, 0.6) is 0 Å². The fourth-order valence-electron chi connectivity index (χ4n) is 3.04. The number of aromatic amines is 1. The van der Waals surface area contributed by atoms with E-state index in [0.717, 1.165) is 18.5 Å². The van der Waals surface area contributed by atoms with Crippen molar-refractivity contribution in [2.75, 3.05) is 6.54 Å². The van der Waals surface area contributed by atoms with Crippen LogP contribution < -0.4 is 16.2 Å². The number of aryl methyl sites for hydroxylation is 1. The van der Waals surface area contributed by atoms with Crippen LogP contribution in [0.4, 0.5) is 9.18 Å². The summed E-state index contributed by atoms with van der Waals surface area (Å²) in [4.78, 5) is 30.3. The van der Waals surface area contributed by atoms with Gasteiger partial charge in [0.05, 0.1) is 5.69 Å². The van der Waals surface area contributed by atoms with E-state index in [1.807, 2.05) is 0 Å². The standard InChI is InChI=1S/C18H21FN4O2/c1-11-21-16(10-17(24)22-11)13-8-14(9-13)23-18(25)20-7-6-12-4-2-3-5-15(12)19/h2-5,10,13-14H,6-9H2,1H3,(H2,20,23,25)(H,21,22,24). The number of carbonyl (C=O) groups is 1. The highest BCUT2D eigenvalue weighted by Gasteiger charge is 2.32. The largest absolute Gasteiger partial charge is 0.338 e. The molecule has 1 aliphatic rings. The number of hydrogen-bond acceptors (Lipinski definition) is 3. The van der Waals surface area contributed by atoms with Crippen LogP contribution in [-0.4, -0.2) is 28.6 Å². The van der Waals surface area contributed by atoms with Crippen molar-refractivity contribution in [1.82, 2.24) is 20.6 Å². The molecule has 1 heterocycles. The molecule has 1 aromatic heterocycles. The average molecular weight is 344 g/mol. The second-order valence-electron chi connectivity index (χ2n) is 6.36. The highest BCUT2D eigenvalue weighted by Crippen LogP contribution is 2.35. The number of carbonyl (C=O) groups excluding carboxylic acids is 1. The molecule has 0 aliphatic heterocycles. The lowest BCUT2D eigenvalue weighted by Gasteiger charge is -2.35. The van der Waals surface area contributed by atoms with E-state index >= 15 is 0 Å². The topological polar surface area (TPSA) is 86.9 Å². The van der Waals surface area contributed by atoms with Gasteiger partial charge in [-0.1, -0.05) is 18.2 Å². The smallest absolute Gasteiger partial charge is 0.315 e. The van der Waals surface area contributed by atoms with Gasteiger partial charge in [-0.2, -0.15) is 0 Å². The fourth-order valence-corrected chi connectivity index (χ4v) is 3.04. The lowest BCUT2D eigenvalue weighted by molar-refractivity contribution is 0.222. The van der Waals surface area contributed by atoms with E-state index in [-0.39, 0.29) is 29.4 Å². The zero-order valence-corrected chi connectivity index (χ0v) is 14.0. The zero-order chi connectivity index (χ0) is 17.8. The van der Waals surface area contributed by atoms with E-state index in [9.17, 15) is 14.0 Å². The molecule has 3 rings (SSSR count). The number of rotatable bonds is 5. The van der Waals surface area contributed by atoms with Crippen LogP contribution in [0, 0.1) is 12.7 Å². The van der Waals surface area contributed by atoms with Gasteiger partial charge in [0.2, 0.25) is 0 Å². The molecule has 2 aromatic rings. The quantitative estimate of drug-likeness (QED) is 0.775. The Morgan fingerprint density at radius 3 is 2.84 bits per heavy atom. The summed E-state index contributed by atoms with van der Waals surface area (Å²) in [5.74, 6) is 0.543. The molecule has 0 radical (unpaired) electrons. The molecule has 0 spiro atoms. The number of nitrogens with one attached hydrogen (secondary N) is 3. The second kappa shape index (κ2) is 7.46. The van der Waals surface area contributed by atoms with Crippen molar-refractivity contribution in [1.29, 1.82) is 0 Å². The number of halogens is 1. The monoisotopic (exact) mass is 344 g/mol. The Bertz CT molecular complexity index is 815. The molecule has 3 N–H and O–H groups in total. The highest BCUT2D eigenvalue weighted by molar-refractivity contribution is 5.74. The van der Waals surface area contributed by atoms with Crippen LogP contribution in [0.2, 0.25) is 0 Å². The highest BCUT2D eigenvalue weighted by atomic mass is 19.1. The summed E-state index contributed by atoms with van der Waals surface area (Å²) < 4.78 is 13.5. The number of benzene rings is 1. The molecule has 25 heavy (non-hydrogen) atoms. The first-order valence-corrected chi connectivity index (χ1v) is 8.37. The summed E-state index contributed by atoms with van der Waals surface area (Å²) >= 11 is 0. The van der Waals surface area contributed by atoms with Crippen molar-refractivity contribution in [3.8, 4) is 0 Å². The van der Waals surface area contributed by atoms with Crippen molar-refractivity contribution in [2.45, 2.75) is 38.1 Å². The molecule has 1 saturated carbocycles.